The van der Waals surface area contributed by atoms with Gasteiger partial charge in [-0.2, -0.15) is 0 Å². The van der Waals surface area contributed by atoms with Crippen LogP contribution >= 0.6 is 0 Å². The van der Waals surface area contributed by atoms with Gasteiger partial charge in [0.15, 0.2) is 0 Å². The quantitative estimate of drug-likeness (QED) is 0.469. The van der Waals surface area contributed by atoms with E-state index in [0.717, 1.165) is 40.1 Å². The van der Waals surface area contributed by atoms with Crippen molar-refractivity contribution in [2.45, 2.75) is 33.6 Å². The number of benzene rings is 3. The van der Waals surface area contributed by atoms with Gasteiger partial charge in [-0.1, -0.05) is 55.0 Å². The lowest BCUT2D eigenvalue weighted by atomic mass is 9.97. The Morgan fingerprint density at radius 1 is 0.853 bits per heavy atom. The maximum atomic E-state index is 13.6. The summed E-state index contributed by atoms with van der Waals surface area (Å²) in [6, 6.07) is 21.6. The van der Waals surface area contributed by atoms with Crippen molar-refractivity contribution >= 4 is 23.1 Å². The molecule has 0 spiro atoms. The SMILES string of the molecule is CCc1ccc(NC2=C(c3ccc(C)cc3C)C(=O)N(CCc3ccc(OC)cc3)C2=O)cc1. The number of rotatable bonds is 8. The molecular formula is C29H30N2O3. The van der Waals surface area contributed by atoms with Crippen LogP contribution in [0.2, 0.25) is 0 Å². The normalized spacial score (nSPS) is 13.6. The Labute approximate surface area is 201 Å². The van der Waals surface area contributed by atoms with Crippen LogP contribution in [0, 0.1) is 13.8 Å². The number of hydrogen-bond acceptors (Lipinski definition) is 4. The summed E-state index contributed by atoms with van der Waals surface area (Å²) >= 11 is 0. The number of nitrogens with one attached hydrogen (secondary N) is 1. The van der Waals surface area contributed by atoms with Gasteiger partial charge in [0, 0.05) is 12.2 Å². The number of aryl methyl sites for hydroxylation is 3. The Morgan fingerprint density at radius 3 is 2.15 bits per heavy atom. The van der Waals surface area contributed by atoms with Crippen molar-refractivity contribution in [2.75, 3.05) is 19.0 Å². The lowest BCUT2D eigenvalue weighted by molar-refractivity contribution is -0.136. The molecule has 4 rings (SSSR count). The van der Waals surface area contributed by atoms with E-state index in [1.807, 2.05) is 80.6 Å². The molecule has 0 radical (unpaired) electrons. The fraction of sp³-hybridized carbons (Fsp3) is 0.241. The highest BCUT2D eigenvalue weighted by Crippen LogP contribution is 2.33. The van der Waals surface area contributed by atoms with Gasteiger partial charge in [0.2, 0.25) is 0 Å². The summed E-state index contributed by atoms with van der Waals surface area (Å²) in [6.45, 7) is 6.39. The molecule has 0 unspecified atom stereocenters. The molecule has 0 atom stereocenters. The van der Waals surface area contributed by atoms with Gasteiger partial charge in [-0.25, -0.2) is 0 Å². The van der Waals surface area contributed by atoms with Crippen LogP contribution in [0.5, 0.6) is 5.75 Å². The zero-order valence-corrected chi connectivity index (χ0v) is 20.1. The van der Waals surface area contributed by atoms with Crippen molar-refractivity contribution < 1.29 is 14.3 Å². The van der Waals surface area contributed by atoms with E-state index >= 15 is 0 Å². The third-order valence-electron chi connectivity index (χ3n) is 6.23. The number of hydrogen-bond donors (Lipinski definition) is 1. The second-order valence-electron chi connectivity index (χ2n) is 8.60. The third-order valence-corrected chi connectivity index (χ3v) is 6.23. The molecular weight excluding hydrogens is 424 g/mol. The van der Waals surface area contributed by atoms with Crippen molar-refractivity contribution in [3.63, 3.8) is 0 Å². The zero-order valence-electron chi connectivity index (χ0n) is 20.1. The second-order valence-corrected chi connectivity index (χ2v) is 8.60. The van der Waals surface area contributed by atoms with Gasteiger partial charge in [-0.15, -0.1) is 0 Å². The predicted octanol–water partition coefficient (Wildman–Crippen LogP) is 5.31. The van der Waals surface area contributed by atoms with Gasteiger partial charge >= 0.3 is 0 Å². The van der Waals surface area contributed by atoms with E-state index < -0.39 is 0 Å². The molecule has 0 bridgehead atoms. The summed E-state index contributed by atoms with van der Waals surface area (Å²) in [4.78, 5) is 28.4. The Bertz CT molecular complexity index is 1240. The van der Waals surface area contributed by atoms with Gasteiger partial charge in [-0.05, 0) is 73.2 Å². The monoisotopic (exact) mass is 454 g/mol. The first kappa shape index (κ1) is 23.3. The van der Waals surface area contributed by atoms with Crippen molar-refractivity contribution in [2.24, 2.45) is 0 Å². The molecule has 1 heterocycles. The Kier molecular flexibility index (Phi) is 6.82. The standard InChI is InChI=1S/C29H30N2O3/c1-5-21-7-11-23(12-8-21)30-27-26(25-15-6-19(2)18-20(25)3)28(32)31(29(27)33)17-16-22-9-13-24(34-4)14-10-22/h6-15,18,30H,5,16-17H2,1-4H3. The van der Waals surface area contributed by atoms with Crippen LogP contribution in [0.4, 0.5) is 5.69 Å². The van der Waals surface area contributed by atoms with E-state index in [9.17, 15) is 9.59 Å². The highest BCUT2D eigenvalue weighted by Gasteiger charge is 2.39. The van der Waals surface area contributed by atoms with Crippen molar-refractivity contribution in [1.82, 2.24) is 4.90 Å². The molecule has 0 saturated carbocycles. The second kappa shape index (κ2) is 9.96. The Morgan fingerprint density at radius 2 is 1.53 bits per heavy atom. The predicted molar refractivity (Wildman–Crippen MR) is 136 cm³/mol. The molecule has 174 valence electrons. The van der Waals surface area contributed by atoms with Crippen LogP contribution < -0.4 is 10.1 Å². The number of carbonyl (C=O) groups is 2. The number of methoxy groups -OCH3 is 1. The van der Waals surface area contributed by atoms with E-state index in [-0.39, 0.29) is 11.8 Å². The topological polar surface area (TPSA) is 58.6 Å². The molecule has 3 aromatic rings. The van der Waals surface area contributed by atoms with Crippen molar-refractivity contribution in [3.8, 4) is 5.75 Å². The lowest BCUT2D eigenvalue weighted by Gasteiger charge is -2.16. The van der Waals surface area contributed by atoms with Crippen molar-refractivity contribution in [3.05, 3.63) is 100 Å². The third kappa shape index (κ3) is 4.74. The minimum absolute atomic E-state index is 0.266. The van der Waals surface area contributed by atoms with Crippen LogP contribution in [-0.4, -0.2) is 30.4 Å². The molecule has 5 nitrogen and oxygen atoms in total. The molecule has 1 N–H and O–H groups in total. The van der Waals surface area contributed by atoms with Gasteiger partial charge in [0.05, 0.1) is 12.7 Å². The van der Waals surface area contributed by atoms with Gasteiger partial charge in [0.25, 0.3) is 11.8 Å². The van der Waals surface area contributed by atoms with Crippen LogP contribution in [0.3, 0.4) is 0 Å². The average Bonchev–Trinajstić information content (AvgIpc) is 3.07. The lowest BCUT2D eigenvalue weighted by Crippen LogP contribution is -2.34. The van der Waals surface area contributed by atoms with E-state index in [1.54, 1.807) is 7.11 Å². The fourth-order valence-corrected chi connectivity index (χ4v) is 4.24. The Balaban J connectivity index is 1.65. The van der Waals surface area contributed by atoms with E-state index in [2.05, 4.69) is 12.2 Å². The summed E-state index contributed by atoms with van der Waals surface area (Å²) in [7, 11) is 1.63. The van der Waals surface area contributed by atoms with E-state index in [0.29, 0.717) is 24.2 Å². The molecule has 5 heteroatoms. The Hall–Kier alpha value is -3.86. The fourth-order valence-electron chi connectivity index (χ4n) is 4.24. The number of ether oxygens (including phenoxy) is 1. The first-order chi connectivity index (χ1) is 16.4. The van der Waals surface area contributed by atoms with Gasteiger partial charge < -0.3 is 10.1 Å². The zero-order chi connectivity index (χ0) is 24.2. The minimum Gasteiger partial charge on any atom is -0.497 e. The molecule has 1 aliphatic heterocycles. The van der Waals surface area contributed by atoms with Crippen LogP contribution in [-0.2, 0) is 22.4 Å². The van der Waals surface area contributed by atoms with Crippen LogP contribution in [0.15, 0.2) is 72.4 Å². The largest absolute Gasteiger partial charge is 0.497 e. The highest BCUT2D eigenvalue weighted by atomic mass is 16.5. The highest BCUT2D eigenvalue weighted by molar-refractivity contribution is 6.36. The maximum absolute atomic E-state index is 13.6. The summed E-state index contributed by atoms with van der Waals surface area (Å²) in [6.07, 6.45) is 1.51. The molecule has 0 fully saturated rings. The molecule has 0 saturated heterocycles. The summed E-state index contributed by atoms with van der Waals surface area (Å²) in [5.41, 5.74) is 6.65. The van der Waals surface area contributed by atoms with Crippen LogP contribution in [0.1, 0.15) is 34.7 Å². The summed E-state index contributed by atoms with van der Waals surface area (Å²) < 4.78 is 5.22. The van der Waals surface area contributed by atoms with Gasteiger partial charge in [-0.3, -0.25) is 14.5 Å². The average molecular weight is 455 g/mol. The van der Waals surface area contributed by atoms with Crippen molar-refractivity contribution in [1.29, 1.82) is 0 Å². The molecule has 3 aromatic carbocycles. The molecule has 34 heavy (non-hydrogen) atoms. The first-order valence-corrected chi connectivity index (χ1v) is 11.6. The maximum Gasteiger partial charge on any atom is 0.278 e. The number of imide groups is 1. The molecule has 1 aliphatic rings. The number of anilines is 1. The number of nitrogens with zero attached hydrogens (tertiary/aromatic N) is 1. The first-order valence-electron chi connectivity index (χ1n) is 11.6. The van der Waals surface area contributed by atoms with Crippen LogP contribution in [0.25, 0.3) is 5.57 Å². The molecule has 0 aliphatic carbocycles. The molecule has 2 amide bonds. The summed E-state index contributed by atoms with van der Waals surface area (Å²) in [5, 5.41) is 3.26. The number of carbonyl (C=O) groups excluding carboxylic acids is 2. The smallest absolute Gasteiger partial charge is 0.278 e. The van der Waals surface area contributed by atoms with Gasteiger partial charge in [0.1, 0.15) is 11.4 Å². The molecule has 0 aromatic heterocycles. The number of amides is 2. The summed E-state index contributed by atoms with van der Waals surface area (Å²) in [5.74, 6) is 0.211. The van der Waals surface area contributed by atoms with E-state index in [1.165, 1.54) is 10.5 Å². The van der Waals surface area contributed by atoms with E-state index in [4.69, 9.17) is 4.74 Å². The minimum atomic E-state index is -0.298.